The molecular weight excluding hydrogens is 265 g/mol. The van der Waals surface area contributed by atoms with Crippen molar-refractivity contribution in [3.8, 4) is 0 Å². The second-order valence-electron chi connectivity index (χ2n) is 6.82. The lowest BCUT2D eigenvalue weighted by Gasteiger charge is -2.32. The zero-order valence-electron chi connectivity index (χ0n) is 13.3. The second kappa shape index (κ2) is 5.40. The van der Waals surface area contributed by atoms with Crippen molar-refractivity contribution in [2.75, 3.05) is 19.7 Å². The Hall–Kier alpha value is -0.875. The van der Waals surface area contributed by atoms with Crippen LogP contribution in [0.3, 0.4) is 0 Å². The highest BCUT2D eigenvalue weighted by atomic mass is 16.7. The van der Waals surface area contributed by atoms with Gasteiger partial charge in [0.2, 0.25) is 0 Å². The van der Waals surface area contributed by atoms with E-state index in [1.54, 1.807) is 0 Å². The summed E-state index contributed by atoms with van der Waals surface area (Å²) in [4.78, 5) is 0. The molecule has 1 N–H and O–H groups in total. The lowest BCUT2D eigenvalue weighted by molar-refractivity contribution is 0.00578. The number of morpholine rings is 1. The number of rotatable bonds is 2. The van der Waals surface area contributed by atoms with E-state index in [2.05, 4.69) is 57.3 Å². The molecule has 1 aromatic carbocycles. The van der Waals surface area contributed by atoms with Crippen molar-refractivity contribution in [2.45, 2.75) is 45.0 Å². The molecule has 2 saturated heterocycles. The van der Waals surface area contributed by atoms with Gasteiger partial charge in [0.05, 0.1) is 23.9 Å². The smallest absolute Gasteiger partial charge is 0.399 e. The molecule has 2 aliphatic rings. The minimum Gasteiger partial charge on any atom is -0.399 e. The minimum absolute atomic E-state index is 0.145. The Morgan fingerprint density at radius 3 is 2.19 bits per heavy atom. The molecule has 3 rings (SSSR count). The fourth-order valence-corrected chi connectivity index (χ4v) is 2.63. The average Bonchev–Trinajstić information content (AvgIpc) is 2.69. The third-order valence-electron chi connectivity index (χ3n) is 4.76. The molecule has 5 heteroatoms. The Morgan fingerprint density at radius 1 is 1.05 bits per heavy atom. The van der Waals surface area contributed by atoms with Gasteiger partial charge >= 0.3 is 7.12 Å². The zero-order valence-corrected chi connectivity index (χ0v) is 13.3. The third-order valence-corrected chi connectivity index (χ3v) is 4.76. The van der Waals surface area contributed by atoms with E-state index in [1.165, 1.54) is 5.56 Å². The molecule has 4 nitrogen and oxygen atoms in total. The van der Waals surface area contributed by atoms with E-state index in [9.17, 15) is 0 Å². The van der Waals surface area contributed by atoms with Gasteiger partial charge in [0.25, 0.3) is 0 Å². The summed E-state index contributed by atoms with van der Waals surface area (Å²) in [5.74, 6) is 0. The maximum absolute atomic E-state index is 6.07. The number of nitrogens with one attached hydrogen (secondary N) is 1. The topological polar surface area (TPSA) is 39.7 Å². The summed E-state index contributed by atoms with van der Waals surface area (Å²) in [5, 5.41) is 3.35. The van der Waals surface area contributed by atoms with Crippen LogP contribution in [0.2, 0.25) is 0 Å². The summed E-state index contributed by atoms with van der Waals surface area (Å²) in [6, 6.07) is 8.38. The average molecular weight is 289 g/mol. The van der Waals surface area contributed by atoms with Crippen LogP contribution in [0.5, 0.6) is 0 Å². The van der Waals surface area contributed by atoms with Crippen LogP contribution < -0.4 is 10.8 Å². The highest BCUT2D eigenvalue weighted by molar-refractivity contribution is 6.62. The second-order valence-corrected chi connectivity index (χ2v) is 6.82. The molecule has 0 saturated carbocycles. The summed E-state index contributed by atoms with van der Waals surface area (Å²) in [5.41, 5.74) is 1.66. The fraction of sp³-hybridized carbons (Fsp3) is 0.625. The van der Waals surface area contributed by atoms with E-state index < -0.39 is 0 Å². The van der Waals surface area contributed by atoms with Gasteiger partial charge in [0.1, 0.15) is 0 Å². The molecule has 0 spiro atoms. The Kier molecular flexibility index (Phi) is 3.86. The first kappa shape index (κ1) is 15.0. The highest BCUT2D eigenvalue weighted by Crippen LogP contribution is 2.36. The van der Waals surface area contributed by atoms with E-state index in [1.807, 2.05) is 0 Å². The normalized spacial score (nSPS) is 27.8. The van der Waals surface area contributed by atoms with Gasteiger partial charge < -0.3 is 19.4 Å². The molecule has 1 atom stereocenters. The quantitative estimate of drug-likeness (QED) is 0.840. The first-order valence-electron chi connectivity index (χ1n) is 7.67. The van der Waals surface area contributed by atoms with Crippen LogP contribution in [-0.4, -0.2) is 38.0 Å². The predicted octanol–water partition coefficient (Wildman–Crippen LogP) is 1.65. The van der Waals surface area contributed by atoms with Gasteiger partial charge in [-0.1, -0.05) is 24.3 Å². The van der Waals surface area contributed by atoms with E-state index in [0.29, 0.717) is 0 Å². The molecule has 2 aliphatic heterocycles. The Morgan fingerprint density at radius 2 is 1.67 bits per heavy atom. The molecule has 0 radical (unpaired) electrons. The van der Waals surface area contributed by atoms with Gasteiger partial charge in [-0.05, 0) is 38.7 Å². The number of ether oxygens (including phenoxy) is 1. The van der Waals surface area contributed by atoms with Crippen LogP contribution >= 0.6 is 0 Å². The molecule has 2 fully saturated rings. The summed E-state index contributed by atoms with van der Waals surface area (Å²) < 4.78 is 17.9. The summed E-state index contributed by atoms with van der Waals surface area (Å²) in [7, 11) is -0.297. The van der Waals surface area contributed by atoms with Crippen LogP contribution in [0, 0.1) is 0 Å². The first-order chi connectivity index (χ1) is 9.89. The van der Waals surface area contributed by atoms with Crippen LogP contribution in [-0.2, 0) is 14.0 Å². The van der Waals surface area contributed by atoms with Crippen molar-refractivity contribution in [1.82, 2.24) is 5.32 Å². The third kappa shape index (κ3) is 2.88. The molecular formula is C16H24BNO3. The molecule has 1 aromatic rings. The van der Waals surface area contributed by atoms with Gasteiger partial charge in [0.15, 0.2) is 0 Å². The van der Waals surface area contributed by atoms with E-state index in [4.69, 9.17) is 14.0 Å². The first-order valence-corrected chi connectivity index (χ1v) is 7.67. The van der Waals surface area contributed by atoms with E-state index in [0.717, 1.165) is 25.2 Å². The standard InChI is InChI=1S/C16H24BNO3/c1-15(2)16(3,4)21-17(20-15)13-7-5-12(6-8-13)14-11-18-9-10-19-14/h5-8,14,18H,9-11H2,1-4H3. The van der Waals surface area contributed by atoms with E-state index >= 15 is 0 Å². The van der Waals surface area contributed by atoms with Crippen molar-refractivity contribution < 1.29 is 14.0 Å². The summed E-state index contributed by atoms with van der Waals surface area (Å²) in [6.07, 6.45) is 0.145. The maximum Gasteiger partial charge on any atom is 0.494 e. The number of hydrogen-bond donors (Lipinski definition) is 1. The van der Waals surface area contributed by atoms with Gasteiger partial charge in [0, 0.05) is 13.1 Å². The van der Waals surface area contributed by atoms with Crippen molar-refractivity contribution in [1.29, 1.82) is 0 Å². The Balaban J connectivity index is 1.73. The van der Waals surface area contributed by atoms with Gasteiger partial charge in [-0.15, -0.1) is 0 Å². The Labute approximate surface area is 127 Å². The minimum atomic E-state index is -0.299. The van der Waals surface area contributed by atoms with Gasteiger partial charge in [-0.2, -0.15) is 0 Å². The SMILES string of the molecule is CC1(C)OB(c2ccc(C3CNCCO3)cc2)OC1(C)C. The molecule has 114 valence electrons. The van der Waals surface area contributed by atoms with Crippen LogP contribution in [0.15, 0.2) is 24.3 Å². The van der Waals surface area contributed by atoms with E-state index in [-0.39, 0.29) is 24.4 Å². The van der Waals surface area contributed by atoms with Crippen molar-refractivity contribution >= 4 is 12.6 Å². The molecule has 0 amide bonds. The van der Waals surface area contributed by atoms with Gasteiger partial charge in [-0.3, -0.25) is 0 Å². The van der Waals surface area contributed by atoms with Crippen LogP contribution in [0.4, 0.5) is 0 Å². The van der Waals surface area contributed by atoms with Crippen molar-refractivity contribution in [2.24, 2.45) is 0 Å². The predicted molar refractivity (Wildman–Crippen MR) is 83.7 cm³/mol. The fourth-order valence-electron chi connectivity index (χ4n) is 2.63. The van der Waals surface area contributed by atoms with Gasteiger partial charge in [-0.25, -0.2) is 0 Å². The largest absolute Gasteiger partial charge is 0.494 e. The maximum atomic E-state index is 6.07. The number of benzene rings is 1. The summed E-state index contributed by atoms with van der Waals surface area (Å²) >= 11 is 0. The molecule has 2 heterocycles. The highest BCUT2D eigenvalue weighted by Gasteiger charge is 2.51. The summed E-state index contributed by atoms with van der Waals surface area (Å²) in [6.45, 7) is 10.9. The lowest BCUT2D eigenvalue weighted by atomic mass is 9.78. The molecule has 21 heavy (non-hydrogen) atoms. The monoisotopic (exact) mass is 289 g/mol. The molecule has 0 aromatic heterocycles. The Bertz CT molecular complexity index is 479. The molecule has 0 bridgehead atoms. The lowest BCUT2D eigenvalue weighted by Crippen LogP contribution is -2.41. The van der Waals surface area contributed by atoms with Crippen molar-refractivity contribution in [3.05, 3.63) is 29.8 Å². The van der Waals surface area contributed by atoms with Crippen LogP contribution in [0.25, 0.3) is 0 Å². The zero-order chi connectivity index (χ0) is 15.1. The molecule has 1 unspecified atom stereocenters. The van der Waals surface area contributed by atoms with Crippen LogP contribution in [0.1, 0.15) is 39.4 Å². The number of hydrogen-bond acceptors (Lipinski definition) is 4. The molecule has 0 aliphatic carbocycles. The van der Waals surface area contributed by atoms with Crippen molar-refractivity contribution in [3.63, 3.8) is 0 Å².